The van der Waals surface area contributed by atoms with Gasteiger partial charge in [0.15, 0.2) is 11.6 Å². The van der Waals surface area contributed by atoms with Crippen molar-refractivity contribution in [1.29, 1.82) is 0 Å². The molecule has 0 aliphatic rings. The molecule has 0 amide bonds. The lowest BCUT2D eigenvalue weighted by atomic mass is 10.0. The Bertz CT molecular complexity index is 511. The topological polar surface area (TPSA) is 0 Å². The number of rotatable bonds is 6. The molecule has 0 radical (unpaired) electrons. The van der Waals surface area contributed by atoms with Crippen LogP contribution in [0.1, 0.15) is 23.3 Å². The molecule has 4 heteroatoms. The van der Waals surface area contributed by atoms with E-state index in [4.69, 9.17) is 0 Å². The Hall–Kier alpha value is -0.740. The van der Waals surface area contributed by atoms with E-state index >= 15 is 0 Å². The average Bonchev–Trinajstić information content (AvgIpc) is 2.88. The van der Waals surface area contributed by atoms with Crippen LogP contribution in [0.25, 0.3) is 0 Å². The number of aryl methyl sites for hydroxylation is 1. The minimum Gasteiger partial charge on any atom is -0.204 e. The lowest BCUT2D eigenvalue weighted by Gasteiger charge is -2.10. The van der Waals surface area contributed by atoms with Gasteiger partial charge in [-0.1, -0.05) is 34.1 Å². The predicted octanol–water partition coefficient (Wildman–Crippen LogP) is 5.36. The summed E-state index contributed by atoms with van der Waals surface area (Å²) in [5, 5.41) is 2.07. The molecule has 0 bridgehead atoms. The van der Waals surface area contributed by atoms with Gasteiger partial charge in [-0.2, -0.15) is 0 Å². The van der Waals surface area contributed by atoms with Crippen molar-refractivity contribution in [2.75, 3.05) is 0 Å². The van der Waals surface area contributed by atoms with Gasteiger partial charge in [0.05, 0.1) is 0 Å². The molecule has 2 aromatic rings. The van der Waals surface area contributed by atoms with Gasteiger partial charge < -0.3 is 0 Å². The van der Waals surface area contributed by atoms with E-state index in [2.05, 4.69) is 27.4 Å². The molecule has 0 saturated carbocycles. The molecule has 2 rings (SSSR count). The minimum absolute atomic E-state index is 0.184. The molecule has 1 unspecified atom stereocenters. The van der Waals surface area contributed by atoms with Crippen LogP contribution in [-0.2, 0) is 12.8 Å². The fourth-order valence-electron chi connectivity index (χ4n) is 2.00. The van der Waals surface area contributed by atoms with Gasteiger partial charge in [-0.15, -0.1) is 11.3 Å². The second-order valence-electron chi connectivity index (χ2n) is 4.49. The van der Waals surface area contributed by atoms with E-state index in [1.807, 2.05) is 6.07 Å². The zero-order valence-corrected chi connectivity index (χ0v) is 12.8. The molecular formula is C15H15BrF2S. The highest BCUT2D eigenvalue weighted by atomic mass is 79.9. The molecule has 1 heterocycles. The molecule has 0 nitrogen and oxygen atoms in total. The SMILES string of the molecule is Fc1cccc(CC(Br)CCCc2cccs2)c1F. The minimum atomic E-state index is -0.768. The van der Waals surface area contributed by atoms with Crippen LogP contribution in [0.15, 0.2) is 35.7 Å². The van der Waals surface area contributed by atoms with Crippen molar-refractivity contribution in [3.8, 4) is 0 Å². The zero-order valence-electron chi connectivity index (χ0n) is 10.4. The molecule has 102 valence electrons. The van der Waals surface area contributed by atoms with Crippen LogP contribution < -0.4 is 0 Å². The maximum Gasteiger partial charge on any atom is 0.162 e. The van der Waals surface area contributed by atoms with Crippen LogP contribution >= 0.6 is 27.3 Å². The number of hydrogen-bond acceptors (Lipinski definition) is 1. The fraction of sp³-hybridized carbons (Fsp3) is 0.333. The monoisotopic (exact) mass is 344 g/mol. The summed E-state index contributed by atoms with van der Waals surface area (Å²) in [5.41, 5.74) is 0.443. The fourth-order valence-corrected chi connectivity index (χ4v) is 3.42. The second-order valence-corrected chi connectivity index (χ2v) is 6.81. The largest absolute Gasteiger partial charge is 0.204 e. The third kappa shape index (κ3) is 4.39. The van der Waals surface area contributed by atoms with Crippen LogP contribution in [0.5, 0.6) is 0 Å². The Labute approximate surface area is 124 Å². The molecule has 0 aliphatic carbocycles. The summed E-state index contributed by atoms with van der Waals surface area (Å²) >= 11 is 5.31. The van der Waals surface area contributed by atoms with E-state index in [-0.39, 0.29) is 4.83 Å². The number of alkyl halides is 1. The average molecular weight is 345 g/mol. The molecule has 1 aromatic carbocycles. The van der Waals surface area contributed by atoms with Crippen LogP contribution in [0.2, 0.25) is 0 Å². The summed E-state index contributed by atoms with van der Waals surface area (Å²) < 4.78 is 26.6. The van der Waals surface area contributed by atoms with Crippen molar-refractivity contribution in [1.82, 2.24) is 0 Å². The highest BCUT2D eigenvalue weighted by Crippen LogP contribution is 2.21. The Balaban J connectivity index is 1.80. The van der Waals surface area contributed by atoms with Crippen molar-refractivity contribution in [3.05, 3.63) is 57.8 Å². The van der Waals surface area contributed by atoms with Gasteiger partial charge in [0.25, 0.3) is 0 Å². The maximum atomic E-state index is 13.5. The maximum absolute atomic E-state index is 13.5. The van der Waals surface area contributed by atoms with Crippen molar-refractivity contribution >= 4 is 27.3 Å². The van der Waals surface area contributed by atoms with Crippen molar-refractivity contribution in [2.45, 2.75) is 30.5 Å². The quantitative estimate of drug-likeness (QED) is 0.619. The molecule has 0 aliphatic heterocycles. The van der Waals surface area contributed by atoms with E-state index in [0.29, 0.717) is 12.0 Å². The van der Waals surface area contributed by atoms with Crippen LogP contribution in [0, 0.1) is 11.6 Å². The molecule has 0 N–H and O–H groups in total. The van der Waals surface area contributed by atoms with Crippen LogP contribution in [0.3, 0.4) is 0 Å². The Morgan fingerprint density at radius 2 is 2.00 bits per heavy atom. The van der Waals surface area contributed by atoms with Gasteiger partial charge in [-0.05, 0) is 48.8 Å². The molecule has 0 fully saturated rings. The summed E-state index contributed by atoms with van der Waals surface area (Å²) in [6.45, 7) is 0. The molecule has 19 heavy (non-hydrogen) atoms. The van der Waals surface area contributed by atoms with Gasteiger partial charge in [0, 0.05) is 9.70 Å². The van der Waals surface area contributed by atoms with E-state index < -0.39 is 11.6 Å². The zero-order chi connectivity index (χ0) is 13.7. The first-order valence-corrected chi connectivity index (χ1v) is 8.05. The molecule has 1 aromatic heterocycles. The van der Waals surface area contributed by atoms with Crippen molar-refractivity contribution in [2.24, 2.45) is 0 Å². The number of hydrogen-bond donors (Lipinski definition) is 0. The predicted molar refractivity (Wildman–Crippen MR) is 80.0 cm³/mol. The molecular weight excluding hydrogens is 330 g/mol. The Morgan fingerprint density at radius 1 is 1.16 bits per heavy atom. The van der Waals surface area contributed by atoms with Gasteiger partial charge in [0.1, 0.15) is 0 Å². The number of benzene rings is 1. The Morgan fingerprint density at radius 3 is 2.74 bits per heavy atom. The summed E-state index contributed by atoms with van der Waals surface area (Å²) in [6, 6.07) is 8.53. The van der Waals surface area contributed by atoms with Gasteiger partial charge in [0.2, 0.25) is 0 Å². The third-order valence-electron chi connectivity index (χ3n) is 2.99. The summed E-state index contributed by atoms with van der Waals surface area (Å²) in [4.78, 5) is 1.56. The van der Waals surface area contributed by atoms with Crippen molar-refractivity contribution in [3.63, 3.8) is 0 Å². The standard InChI is InChI=1S/C15H15BrF2S/c16-12(5-2-6-13-7-3-9-19-13)10-11-4-1-8-14(17)15(11)18/h1,3-4,7-9,12H,2,5-6,10H2. The highest BCUT2D eigenvalue weighted by molar-refractivity contribution is 9.09. The first-order chi connectivity index (χ1) is 9.16. The molecule has 1 atom stereocenters. The second kappa shape index (κ2) is 7.15. The normalized spacial score (nSPS) is 12.6. The highest BCUT2D eigenvalue weighted by Gasteiger charge is 2.12. The summed E-state index contributed by atoms with van der Waals surface area (Å²) in [7, 11) is 0. The third-order valence-corrected chi connectivity index (χ3v) is 4.71. The number of halogens is 3. The van der Waals surface area contributed by atoms with E-state index in [9.17, 15) is 8.78 Å². The van der Waals surface area contributed by atoms with Crippen molar-refractivity contribution < 1.29 is 8.78 Å². The van der Waals surface area contributed by atoms with E-state index in [1.54, 1.807) is 23.5 Å². The lowest BCUT2D eigenvalue weighted by molar-refractivity contribution is 0.497. The first-order valence-electron chi connectivity index (χ1n) is 6.26. The van der Waals surface area contributed by atoms with Crippen LogP contribution in [-0.4, -0.2) is 4.83 Å². The summed E-state index contributed by atoms with van der Waals surface area (Å²) in [5.74, 6) is -1.49. The summed E-state index contributed by atoms with van der Waals surface area (Å²) in [6.07, 6.45) is 3.57. The van der Waals surface area contributed by atoms with Gasteiger partial charge >= 0.3 is 0 Å². The number of thiophene rings is 1. The van der Waals surface area contributed by atoms with Gasteiger partial charge in [-0.3, -0.25) is 0 Å². The lowest BCUT2D eigenvalue weighted by Crippen LogP contribution is -2.06. The van der Waals surface area contributed by atoms with E-state index in [1.165, 1.54) is 4.88 Å². The smallest absolute Gasteiger partial charge is 0.162 e. The van der Waals surface area contributed by atoms with E-state index in [0.717, 1.165) is 25.3 Å². The van der Waals surface area contributed by atoms with Gasteiger partial charge in [-0.25, -0.2) is 8.78 Å². The molecule has 0 saturated heterocycles. The molecule has 0 spiro atoms. The van der Waals surface area contributed by atoms with Crippen LogP contribution in [0.4, 0.5) is 8.78 Å². The Kier molecular flexibility index (Phi) is 5.52. The first kappa shape index (κ1) is 14.7.